The van der Waals surface area contributed by atoms with Gasteiger partial charge in [0.15, 0.2) is 0 Å². The number of hydrogen-bond acceptors (Lipinski definition) is 2. The molecule has 0 saturated carbocycles. The Balaban J connectivity index is 4.68. The molecule has 0 fully saturated rings. The maximum Gasteiger partial charge on any atom is 0.216 e. The Labute approximate surface area is 98.6 Å². The second kappa shape index (κ2) is 5.51. The highest BCUT2D eigenvalue weighted by atomic mass is 35.5. The monoisotopic (exact) mass is 255 g/mol. The Hall–Kier alpha value is 0.200. The van der Waals surface area contributed by atoms with E-state index in [1.165, 1.54) is 0 Å². The van der Waals surface area contributed by atoms with Gasteiger partial charge < -0.3 is 0 Å². The fourth-order valence-electron chi connectivity index (χ4n) is 1.02. The molecule has 0 rings (SSSR count). The normalized spacial score (nSPS) is 15.7. The van der Waals surface area contributed by atoms with Crippen molar-refractivity contribution in [2.75, 3.05) is 5.88 Å². The van der Waals surface area contributed by atoms with Crippen molar-refractivity contribution in [1.29, 1.82) is 0 Å². The highest BCUT2D eigenvalue weighted by Gasteiger charge is 2.31. The highest BCUT2D eigenvalue weighted by molar-refractivity contribution is 7.90. The summed E-state index contributed by atoms with van der Waals surface area (Å²) in [4.78, 5) is 0. The van der Waals surface area contributed by atoms with Gasteiger partial charge in [-0.15, -0.1) is 11.6 Å². The van der Waals surface area contributed by atoms with Crippen molar-refractivity contribution in [2.24, 2.45) is 5.92 Å². The van der Waals surface area contributed by atoms with Gasteiger partial charge in [-0.1, -0.05) is 13.8 Å². The Morgan fingerprint density at radius 1 is 1.27 bits per heavy atom. The summed E-state index contributed by atoms with van der Waals surface area (Å²) in [5, 5.41) is 0. The third-order valence-electron chi connectivity index (χ3n) is 2.34. The molecule has 0 saturated heterocycles. The average molecular weight is 256 g/mol. The molecule has 0 bridgehead atoms. The van der Waals surface area contributed by atoms with Crippen LogP contribution in [0.1, 0.15) is 41.0 Å². The van der Waals surface area contributed by atoms with Crippen molar-refractivity contribution >= 4 is 21.6 Å². The summed E-state index contributed by atoms with van der Waals surface area (Å²) in [5.74, 6) is 0.719. The SMILES string of the molecule is CC(C)C(CCCl)NS(=O)(=O)C(C)(C)C. The molecule has 0 aromatic heterocycles. The molecular formula is C10H22ClNO2S. The minimum atomic E-state index is -3.27. The predicted octanol–water partition coefficient (Wildman–Crippen LogP) is 2.36. The molecule has 0 aliphatic heterocycles. The van der Waals surface area contributed by atoms with E-state index in [1.807, 2.05) is 13.8 Å². The molecule has 1 N–H and O–H groups in total. The zero-order valence-electron chi connectivity index (χ0n) is 10.2. The Kier molecular flexibility index (Phi) is 5.58. The largest absolute Gasteiger partial charge is 0.216 e. The molecule has 15 heavy (non-hydrogen) atoms. The van der Waals surface area contributed by atoms with Crippen molar-refractivity contribution in [3.05, 3.63) is 0 Å². The van der Waals surface area contributed by atoms with Crippen LogP contribution in [0.2, 0.25) is 0 Å². The third-order valence-corrected chi connectivity index (χ3v) is 4.78. The second-order valence-electron chi connectivity index (χ2n) is 5.06. The number of sulfonamides is 1. The topological polar surface area (TPSA) is 46.2 Å². The van der Waals surface area contributed by atoms with Crippen LogP contribution in [0.4, 0.5) is 0 Å². The lowest BCUT2D eigenvalue weighted by molar-refractivity contribution is 0.431. The molecular weight excluding hydrogens is 234 g/mol. The van der Waals surface area contributed by atoms with Gasteiger partial charge in [0.1, 0.15) is 0 Å². The molecule has 0 aromatic rings. The van der Waals surface area contributed by atoms with Gasteiger partial charge in [0.05, 0.1) is 4.75 Å². The molecule has 0 amide bonds. The highest BCUT2D eigenvalue weighted by Crippen LogP contribution is 2.17. The number of halogens is 1. The third kappa shape index (κ3) is 4.70. The quantitative estimate of drug-likeness (QED) is 0.767. The summed E-state index contributed by atoms with van der Waals surface area (Å²) in [6.07, 6.45) is 0.661. The van der Waals surface area contributed by atoms with Crippen LogP contribution in [0.5, 0.6) is 0 Å². The molecule has 92 valence electrons. The minimum absolute atomic E-state index is 0.0771. The minimum Gasteiger partial charge on any atom is -0.212 e. The summed E-state index contributed by atoms with van der Waals surface area (Å²) in [5.41, 5.74) is 0. The molecule has 0 aliphatic rings. The van der Waals surface area contributed by atoms with Gasteiger partial charge in [0, 0.05) is 11.9 Å². The van der Waals surface area contributed by atoms with Gasteiger partial charge in [-0.3, -0.25) is 0 Å². The molecule has 1 atom stereocenters. The van der Waals surface area contributed by atoms with Crippen LogP contribution >= 0.6 is 11.6 Å². The standard InChI is InChI=1S/C10H22ClNO2S/c1-8(2)9(6-7-11)12-15(13,14)10(3,4)5/h8-9,12H,6-7H2,1-5H3. The summed E-state index contributed by atoms with van der Waals surface area (Å²) in [6.45, 7) is 9.04. The summed E-state index contributed by atoms with van der Waals surface area (Å²) >= 11 is 5.65. The average Bonchev–Trinajstić information content (AvgIpc) is 2.00. The van der Waals surface area contributed by atoms with Crippen LogP contribution in [-0.2, 0) is 10.0 Å². The Bertz CT molecular complexity index is 280. The van der Waals surface area contributed by atoms with Gasteiger partial charge >= 0.3 is 0 Å². The van der Waals surface area contributed by atoms with E-state index in [4.69, 9.17) is 11.6 Å². The summed E-state index contributed by atoms with van der Waals surface area (Å²) in [7, 11) is -3.27. The van der Waals surface area contributed by atoms with Crippen LogP contribution in [0.25, 0.3) is 0 Å². The molecule has 0 radical (unpaired) electrons. The van der Waals surface area contributed by atoms with Gasteiger partial charge in [0.25, 0.3) is 0 Å². The van der Waals surface area contributed by atoms with Crippen LogP contribution in [0.3, 0.4) is 0 Å². The van der Waals surface area contributed by atoms with Crippen LogP contribution in [0, 0.1) is 5.92 Å². The van der Waals surface area contributed by atoms with E-state index in [1.54, 1.807) is 20.8 Å². The van der Waals surface area contributed by atoms with E-state index in [9.17, 15) is 8.42 Å². The number of hydrogen-bond donors (Lipinski definition) is 1. The summed E-state index contributed by atoms with van der Waals surface area (Å²) < 4.78 is 25.7. The first-order valence-corrected chi connectivity index (χ1v) is 7.21. The van der Waals surface area contributed by atoms with Crippen molar-refractivity contribution in [1.82, 2.24) is 4.72 Å². The maximum atomic E-state index is 11.9. The van der Waals surface area contributed by atoms with Crippen LogP contribution in [-0.4, -0.2) is 25.1 Å². The van der Waals surface area contributed by atoms with E-state index in [-0.39, 0.29) is 12.0 Å². The van der Waals surface area contributed by atoms with E-state index >= 15 is 0 Å². The first-order valence-electron chi connectivity index (χ1n) is 5.19. The predicted molar refractivity (Wildman–Crippen MR) is 65.8 cm³/mol. The van der Waals surface area contributed by atoms with E-state index in [0.717, 1.165) is 0 Å². The number of alkyl halides is 1. The van der Waals surface area contributed by atoms with Gasteiger partial charge in [0.2, 0.25) is 10.0 Å². The summed E-state index contributed by atoms with van der Waals surface area (Å²) in [6, 6.07) is -0.0771. The maximum absolute atomic E-state index is 11.9. The lowest BCUT2D eigenvalue weighted by atomic mass is 10.0. The molecule has 0 heterocycles. The zero-order chi connectivity index (χ0) is 12.3. The first kappa shape index (κ1) is 15.2. The van der Waals surface area contributed by atoms with Gasteiger partial charge in [-0.2, -0.15) is 0 Å². The molecule has 0 aromatic carbocycles. The zero-order valence-corrected chi connectivity index (χ0v) is 11.7. The van der Waals surface area contributed by atoms with Gasteiger partial charge in [-0.05, 0) is 33.1 Å². The van der Waals surface area contributed by atoms with Crippen molar-refractivity contribution < 1.29 is 8.42 Å². The Morgan fingerprint density at radius 2 is 1.73 bits per heavy atom. The van der Waals surface area contributed by atoms with E-state index in [2.05, 4.69) is 4.72 Å². The number of rotatable bonds is 5. The van der Waals surface area contributed by atoms with Crippen molar-refractivity contribution in [2.45, 2.75) is 51.8 Å². The fourth-order valence-corrected chi connectivity index (χ4v) is 2.40. The van der Waals surface area contributed by atoms with Crippen molar-refractivity contribution in [3.8, 4) is 0 Å². The van der Waals surface area contributed by atoms with Gasteiger partial charge in [-0.25, -0.2) is 13.1 Å². The lowest BCUT2D eigenvalue weighted by Gasteiger charge is -2.27. The van der Waals surface area contributed by atoms with Crippen molar-refractivity contribution in [3.63, 3.8) is 0 Å². The van der Waals surface area contributed by atoms with Crippen LogP contribution < -0.4 is 4.72 Å². The van der Waals surface area contributed by atoms with E-state index < -0.39 is 14.8 Å². The molecule has 3 nitrogen and oxygen atoms in total. The van der Waals surface area contributed by atoms with Crippen LogP contribution in [0.15, 0.2) is 0 Å². The molecule has 5 heteroatoms. The lowest BCUT2D eigenvalue weighted by Crippen LogP contribution is -2.46. The molecule has 1 unspecified atom stereocenters. The first-order chi connectivity index (χ1) is 6.62. The van der Waals surface area contributed by atoms with E-state index in [0.29, 0.717) is 12.3 Å². The Morgan fingerprint density at radius 3 is 2.00 bits per heavy atom. The molecule has 0 spiro atoms. The fraction of sp³-hybridized carbons (Fsp3) is 1.00. The smallest absolute Gasteiger partial charge is 0.212 e. The molecule has 0 aliphatic carbocycles. The number of nitrogens with one attached hydrogen (secondary N) is 1. The second-order valence-corrected chi connectivity index (χ2v) is 7.91.